The van der Waals surface area contributed by atoms with E-state index in [1.54, 1.807) is 30.3 Å². The standard InChI is InChI=1S/C26H18F3N3O7/c1-37-24(33)21-22(30-31(23(21)25(34)38-2)17-8-4-3-5-9-17)15-11-12-20(19(13-15)32(35)36)39-18-10-6-7-16(14-18)26(27,28)29/h3-14H,1-2H3. The molecule has 0 atom stereocenters. The fourth-order valence-electron chi connectivity index (χ4n) is 3.71. The first-order valence-electron chi connectivity index (χ1n) is 11.0. The minimum Gasteiger partial charge on any atom is -0.465 e. The average Bonchev–Trinajstić information content (AvgIpc) is 3.33. The van der Waals surface area contributed by atoms with Gasteiger partial charge in [0.1, 0.15) is 17.0 Å². The highest BCUT2D eigenvalue weighted by atomic mass is 19.4. The normalized spacial score (nSPS) is 11.1. The van der Waals surface area contributed by atoms with Gasteiger partial charge in [-0.3, -0.25) is 10.1 Å². The lowest BCUT2D eigenvalue weighted by Crippen LogP contribution is -2.15. The van der Waals surface area contributed by atoms with Crippen molar-refractivity contribution in [2.75, 3.05) is 14.2 Å². The third kappa shape index (κ3) is 5.42. The van der Waals surface area contributed by atoms with E-state index < -0.39 is 34.3 Å². The molecular formula is C26H18F3N3O7. The molecule has 0 saturated heterocycles. The Morgan fingerprint density at radius 3 is 2.23 bits per heavy atom. The number of alkyl halides is 3. The number of hydrogen-bond donors (Lipinski definition) is 0. The third-order valence-electron chi connectivity index (χ3n) is 5.47. The van der Waals surface area contributed by atoms with Crippen LogP contribution in [0.1, 0.15) is 26.4 Å². The van der Waals surface area contributed by atoms with Crippen molar-refractivity contribution in [3.8, 4) is 28.4 Å². The van der Waals surface area contributed by atoms with Gasteiger partial charge in [-0.25, -0.2) is 14.3 Å². The molecule has 0 N–H and O–H groups in total. The largest absolute Gasteiger partial charge is 0.465 e. The quantitative estimate of drug-likeness (QED) is 0.163. The van der Waals surface area contributed by atoms with E-state index in [1.807, 2.05) is 0 Å². The Kier molecular flexibility index (Phi) is 7.33. The van der Waals surface area contributed by atoms with Crippen molar-refractivity contribution in [2.24, 2.45) is 0 Å². The summed E-state index contributed by atoms with van der Waals surface area (Å²) in [5.74, 6) is -2.52. The number of nitrogens with zero attached hydrogens (tertiary/aromatic N) is 3. The zero-order valence-corrected chi connectivity index (χ0v) is 20.3. The number of rotatable bonds is 7. The second-order valence-corrected chi connectivity index (χ2v) is 7.87. The number of nitro groups is 1. The van der Waals surface area contributed by atoms with Gasteiger partial charge >= 0.3 is 23.8 Å². The van der Waals surface area contributed by atoms with Gasteiger partial charge in [0.2, 0.25) is 5.75 Å². The average molecular weight is 541 g/mol. The Hall–Kier alpha value is -5.20. The second kappa shape index (κ2) is 10.7. The Morgan fingerprint density at radius 1 is 0.923 bits per heavy atom. The first-order chi connectivity index (χ1) is 18.5. The predicted molar refractivity (Wildman–Crippen MR) is 130 cm³/mol. The monoisotopic (exact) mass is 541 g/mol. The maximum absolute atomic E-state index is 13.1. The van der Waals surface area contributed by atoms with E-state index in [-0.39, 0.29) is 34.0 Å². The summed E-state index contributed by atoms with van der Waals surface area (Å²) in [5.41, 5.74) is -1.95. The molecule has 3 aromatic carbocycles. The highest BCUT2D eigenvalue weighted by molar-refractivity contribution is 6.07. The zero-order chi connectivity index (χ0) is 28.3. The molecule has 1 aromatic heterocycles. The van der Waals surface area contributed by atoms with Crippen molar-refractivity contribution >= 4 is 17.6 Å². The molecule has 0 saturated carbocycles. The van der Waals surface area contributed by atoms with Gasteiger partial charge in [-0.2, -0.15) is 18.3 Å². The van der Waals surface area contributed by atoms with E-state index in [1.165, 1.54) is 12.1 Å². The Labute approximate surface area is 218 Å². The predicted octanol–water partition coefficient (Wildman–Crippen LogP) is 5.83. The Morgan fingerprint density at radius 2 is 1.62 bits per heavy atom. The van der Waals surface area contributed by atoms with E-state index in [0.717, 1.165) is 43.2 Å². The number of ether oxygens (including phenoxy) is 3. The molecule has 0 unspecified atom stereocenters. The molecule has 0 bridgehead atoms. The van der Waals surface area contributed by atoms with Gasteiger partial charge in [0.25, 0.3) is 0 Å². The van der Waals surface area contributed by atoms with Crippen molar-refractivity contribution in [2.45, 2.75) is 6.18 Å². The summed E-state index contributed by atoms with van der Waals surface area (Å²) in [6.07, 6.45) is -4.64. The molecule has 200 valence electrons. The molecule has 0 aliphatic heterocycles. The number of nitro benzene ring substituents is 1. The topological polar surface area (TPSA) is 123 Å². The lowest BCUT2D eigenvalue weighted by Gasteiger charge is -2.11. The summed E-state index contributed by atoms with van der Waals surface area (Å²) >= 11 is 0. The molecule has 0 fully saturated rings. The Bertz CT molecular complexity index is 1570. The first kappa shape index (κ1) is 26.9. The first-order valence-corrected chi connectivity index (χ1v) is 11.0. The van der Waals surface area contributed by atoms with Gasteiger partial charge in [0.15, 0.2) is 5.69 Å². The molecule has 0 amide bonds. The lowest BCUT2D eigenvalue weighted by atomic mass is 10.0. The molecule has 4 aromatic rings. The number of benzene rings is 3. The number of halogens is 3. The third-order valence-corrected chi connectivity index (χ3v) is 5.47. The molecule has 0 aliphatic carbocycles. The zero-order valence-electron chi connectivity index (χ0n) is 20.3. The van der Waals surface area contributed by atoms with E-state index in [4.69, 9.17) is 14.2 Å². The maximum Gasteiger partial charge on any atom is 0.416 e. The van der Waals surface area contributed by atoms with Gasteiger partial charge in [0.05, 0.1) is 30.4 Å². The molecule has 13 heteroatoms. The van der Waals surface area contributed by atoms with Crippen LogP contribution in [0, 0.1) is 10.1 Å². The van der Waals surface area contributed by atoms with E-state index >= 15 is 0 Å². The molecule has 0 radical (unpaired) electrons. The molecular weight excluding hydrogens is 523 g/mol. The van der Waals surface area contributed by atoms with E-state index in [9.17, 15) is 32.9 Å². The number of carbonyl (C=O) groups excluding carboxylic acids is 2. The number of para-hydroxylation sites is 1. The van der Waals surface area contributed by atoms with Gasteiger partial charge in [-0.1, -0.05) is 24.3 Å². The lowest BCUT2D eigenvalue weighted by molar-refractivity contribution is -0.385. The highest BCUT2D eigenvalue weighted by Gasteiger charge is 2.33. The van der Waals surface area contributed by atoms with Crippen LogP contribution < -0.4 is 4.74 Å². The number of esters is 2. The summed E-state index contributed by atoms with van der Waals surface area (Å²) in [7, 11) is 2.19. The summed E-state index contributed by atoms with van der Waals surface area (Å²) in [5, 5.41) is 16.3. The van der Waals surface area contributed by atoms with Gasteiger partial charge in [-0.15, -0.1) is 0 Å². The minimum atomic E-state index is -4.64. The van der Waals surface area contributed by atoms with Crippen LogP contribution >= 0.6 is 0 Å². The van der Waals surface area contributed by atoms with Crippen LogP contribution in [0.3, 0.4) is 0 Å². The van der Waals surface area contributed by atoms with Crippen molar-refractivity contribution in [3.63, 3.8) is 0 Å². The fourth-order valence-corrected chi connectivity index (χ4v) is 3.71. The van der Waals surface area contributed by atoms with Crippen LogP contribution in [0.4, 0.5) is 18.9 Å². The number of methoxy groups -OCH3 is 2. The summed E-state index contributed by atoms with van der Waals surface area (Å²) in [6, 6.07) is 15.6. The van der Waals surface area contributed by atoms with Crippen molar-refractivity contribution < 1.29 is 41.9 Å². The smallest absolute Gasteiger partial charge is 0.416 e. The number of hydrogen-bond acceptors (Lipinski definition) is 8. The SMILES string of the molecule is COC(=O)c1c(-c2ccc(Oc3cccc(C(F)(F)F)c3)c([N+](=O)[O-])c2)nn(-c2ccccc2)c1C(=O)OC. The van der Waals surface area contributed by atoms with Crippen LogP contribution in [-0.4, -0.2) is 40.9 Å². The van der Waals surface area contributed by atoms with Crippen LogP contribution in [0.15, 0.2) is 72.8 Å². The molecule has 1 heterocycles. The maximum atomic E-state index is 13.1. The molecule has 4 rings (SSSR count). The van der Waals surface area contributed by atoms with Gasteiger partial charge in [-0.05, 0) is 42.5 Å². The number of aromatic nitrogens is 2. The Balaban J connectivity index is 1.88. The molecule has 10 nitrogen and oxygen atoms in total. The summed E-state index contributed by atoms with van der Waals surface area (Å²) in [4.78, 5) is 36.6. The van der Waals surface area contributed by atoms with E-state index in [2.05, 4.69) is 5.10 Å². The minimum absolute atomic E-state index is 0.0262. The number of carbonyl (C=O) groups is 2. The van der Waals surface area contributed by atoms with Crippen LogP contribution in [0.2, 0.25) is 0 Å². The summed E-state index contributed by atoms with van der Waals surface area (Å²) < 4.78 is 55.5. The highest BCUT2D eigenvalue weighted by Crippen LogP contribution is 2.38. The van der Waals surface area contributed by atoms with Crippen molar-refractivity contribution in [1.29, 1.82) is 0 Å². The van der Waals surface area contributed by atoms with Crippen LogP contribution in [0.25, 0.3) is 16.9 Å². The van der Waals surface area contributed by atoms with Crippen molar-refractivity contribution in [3.05, 3.63) is 99.7 Å². The molecule has 0 aliphatic rings. The van der Waals surface area contributed by atoms with Crippen LogP contribution in [-0.2, 0) is 15.7 Å². The van der Waals surface area contributed by atoms with E-state index in [0.29, 0.717) is 11.8 Å². The van der Waals surface area contributed by atoms with Crippen molar-refractivity contribution in [1.82, 2.24) is 9.78 Å². The molecule has 0 spiro atoms. The van der Waals surface area contributed by atoms with Gasteiger partial charge in [0, 0.05) is 11.6 Å². The van der Waals surface area contributed by atoms with Gasteiger partial charge < -0.3 is 14.2 Å². The molecule has 39 heavy (non-hydrogen) atoms. The fraction of sp³-hybridized carbons (Fsp3) is 0.115. The van der Waals surface area contributed by atoms with Crippen LogP contribution in [0.5, 0.6) is 11.5 Å². The second-order valence-electron chi connectivity index (χ2n) is 7.87. The summed E-state index contributed by atoms with van der Waals surface area (Å²) in [6.45, 7) is 0.